The normalized spacial score (nSPS) is 15.7. The van der Waals surface area contributed by atoms with Crippen LogP contribution in [0.3, 0.4) is 0 Å². The first-order valence-corrected chi connectivity index (χ1v) is 10.6. The van der Waals surface area contributed by atoms with Crippen LogP contribution < -0.4 is 4.72 Å². The van der Waals surface area contributed by atoms with Gasteiger partial charge in [-0.25, -0.2) is 13.1 Å². The highest BCUT2D eigenvalue weighted by Gasteiger charge is 2.31. The molecule has 4 nitrogen and oxygen atoms in total. The summed E-state index contributed by atoms with van der Waals surface area (Å²) in [4.78, 5) is 2.73. The Morgan fingerprint density at radius 1 is 1.08 bits per heavy atom. The van der Waals surface area contributed by atoms with Crippen molar-refractivity contribution in [2.24, 2.45) is 0 Å². The molecule has 1 N–H and O–H groups in total. The molecule has 26 heavy (non-hydrogen) atoms. The van der Waals surface area contributed by atoms with Gasteiger partial charge in [0.15, 0.2) is 0 Å². The summed E-state index contributed by atoms with van der Waals surface area (Å²) in [6.07, 6.45) is 1.00. The van der Waals surface area contributed by atoms with E-state index < -0.39 is 10.0 Å². The van der Waals surface area contributed by atoms with E-state index >= 15 is 0 Å². The summed E-state index contributed by atoms with van der Waals surface area (Å²) in [5, 5.41) is 0. The van der Waals surface area contributed by atoms with Gasteiger partial charge in [0, 0.05) is 25.2 Å². The Labute approximate surface area is 157 Å². The lowest BCUT2D eigenvalue weighted by Gasteiger charge is -2.41. The fourth-order valence-electron chi connectivity index (χ4n) is 3.47. The molecule has 2 aromatic rings. The van der Waals surface area contributed by atoms with Crippen molar-refractivity contribution in [2.75, 3.05) is 13.1 Å². The maximum atomic E-state index is 12.8. The number of fused-ring (bicyclic) bond motifs is 1. The van der Waals surface area contributed by atoms with Crippen LogP contribution in [0.2, 0.25) is 0 Å². The van der Waals surface area contributed by atoms with Gasteiger partial charge in [-0.3, -0.25) is 4.90 Å². The molecular weight excluding hydrogens is 344 g/mol. The number of rotatable bonds is 5. The molecule has 0 spiro atoms. The van der Waals surface area contributed by atoms with Crippen LogP contribution in [0.25, 0.3) is 0 Å². The minimum absolute atomic E-state index is 0.266. The molecule has 1 aliphatic rings. The number of hydrogen-bond acceptors (Lipinski definition) is 3. The summed E-state index contributed by atoms with van der Waals surface area (Å²) in [6.45, 7) is 10.1. The molecule has 0 radical (unpaired) electrons. The fraction of sp³-hybridized carbons (Fsp3) is 0.429. The van der Waals surface area contributed by atoms with E-state index in [1.807, 2.05) is 26.0 Å². The molecule has 0 saturated heterocycles. The molecule has 0 aliphatic carbocycles. The van der Waals surface area contributed by atoms with Crippen molar-refractivity contribution in [3.05, 3.63) is 64.7 Å². The topological polar surface area (TPSA) is 49.4 Å². The van der Waals surface area contributed by atoms with Crippen LogP contribution >= 0.6 is 0 Å². The second-order valence-corrected chi connectivity index (χ2v) is 9.58. The van der Waals surface area contributed by atoms with Gasteiger partial charge in [0.2, 0.25) is 10.0 Å². The second kappa shape index (κ2) is 7.14. The van der Waals surface area contributed by atoms with Crippen molar-refractivity contribution >= 4 is 10.0 Å². The third-order valence-electron chi connectivity index (χ3n) is 5.31. The predicted molar refractivity (Wildman–Crippen MR) is 106 cm³/mol. The van der Waals surface area contributed by atoms with Gasteiger partial charge < -0.3 is 0 Å². The van der Waals surface area contributed by atoms with E-state index in [0.29, 0.717) is 11.4 Å². The Kier molecular flexibility index (Phi) is 5.24. The lowest BCUT2D eigenvalue weighted by molar-refractivity contribution is 0.108. The summed E-state index contributed by atoms with van der Waals surface area (Å²) >= 11 is 0. The van der Waals surface area contributed by atoms with Crippen LogP contribution in [0.5, 0.6) is 0 Å². The Bertz CT molecular complexity index is 904. The number of aryl methyl sites for hydroxylation is 2. The molecule has 0 bridgehead atoms. The summed E-state index contributed by atoms with van der Waals surface area (Å²) in [5.74, 6) is 0. The maximum Gasteiger partial charge on any atom is 0.240 e. The summed E-state index contributed by atoms with van der Waals surface area (Å²) in [7, 11) is -3.52. The van der Waals surface area contributed by atoms with Gasteiger partial charge in [-0.05, 0) is 62.4 Å². The Hall–Kier alpha value is -1.69. The first kappa shape index (κ1) is 19.1. The van der Waals surface area contributed by atoms with E-state index in [1.54, 1.807) is 6.07 Å². The molecule has 1 aliphatic heterocycles. The molecule has 0 atom stereocenters. The average molecular weight is 373 g/mol. The largest absolute Gasteiger partial charge is 0.292 e. The van der Waals surface area contributed by atoms with Gasteiger partial charge in [0.1, 0.15) is 0 Å². The van der Waals surface area contributed by atoms with Crippen LogP contribution in [0.1, 0.15) is 36.1 Å². The minimum Gasteiger partial charge on any atom is -0.292 e. The zero-order valence-electron chi connectivity index (χ0n) is 16.0. The highest BCUT2D eigenvalue weighted by molar-refractivity contribution is 7.89. The van der Waals surface area contributed by atoms with Crippen molar-refractivity contribution in [2.45, 2.75) is 51.1 Å². The Morgan fingerprint density at radius 2 is 1.77 bits per heavy atom. The number of benzene rings is 2. The van der Waals surface area contributed by atoms with Crippen molar-refractivity contribution in [1.82, 2.24) is 9.62 Å². The van der Waals surface area contributed by atoms with Crippen molar-refractivity contribution in [3.8, 4) is 0 Å². The second-order valence-electron chi connectivity index (χ2n) is 7.85. The molecule has 0 fully saturated rings. The van der Waals surface area contributed by atoms with Crippen molar-refractivity contribution in [3.63, 3.8) is 0 Å². The zero-order valence-corrected chi connectivity index (χ0v) is 16.9. The van der Waals surface area contributed by atoms with Crippen molar-refractivity contribution in [1.29, 1.82) is 0 Å². The standard InChI is InChI=1S/C21H28N2O2S/c1-16-9-10-17(2)20(13-16)26(24,25)22-15-21(3,4)23-12-11-18-7-5-6-8-19(18)14-23/h5-10,13,22H,11-12,14-15H2,1-4H3. The first-order chi connectivity index (χ1) is 12.2. The third-order valence-corrected chi connectivity index (χ3v) is 6.86. The number of nitrogens with zero attached hydrogens (tertiary/aromatic N) is 1. The predicted octanol–water partition coefficient (Wildman–Crippen LogP) is 3.42. The average Bonchev–Trinajstić information content (AvgIpc) is 2.62. The van der Waals surface area contributed by atoms with Crippen LogP contribution in [0.15, 0.2) is 47.4 Å². The summed E-state index contributed by atoms with van der Waals surface area (Å²) < 4.78 is 28.4. The highest BCUT2D eigenvalue weighted by Crippen LogP contribution is 2.25. The van der Waals surface area contributed by atoms with Crippen LogP contribution in [-0.4, -0.2) is 31.9 Å². The molecule has 3 rings (SSSR count). The van der Waals surface area contributed by atoms with E-state index in [4.69, 9.17) is 0 Å². The van der Waals surface area contributed by atoms with Crippen molar-refractivity contribution < 1.29 is 8.42 Å². The highest BCUT2D eigenvalue weighted by atomic mass is 32.2. The Morgan fingerprint density at radius 3 is 2.50 bits per heavy atom. The fourth-order valence-corrected chi connectivity index (χ4v) is 5.00. The smallest absolute Gasteiger partial charge is 0.240 e. The molecule has 0 aromatic heterocycles. The van der Waals surface area contributed by atoms with Gasteiger partial charge in [0.25, 0.3) is 0 Å². The molecule has 0 amide bonds. The summed E-state index contributed by atoms with van der Waals surface area (Å²) in [6, 6.07) is 14.0. The van der Waals surface area contributed by atoms with Gasteiger partial charge in [-0.15, -0.1) is 0 Å². The number of sulfonamides is 1. The van der Waals surface area contributed by atoms with E-state index in [1.165, 1.54) is 11.1 Å². The first-order valence-electron chi connectivity index (χ1n) is 9.08. The zero-order chi connectivity index (χ0) is 18.9. The van der Waals surface area contributed by atoms with Crippen LogP contribution in [0.4, 0.5) is 0 Å². The van der Waals surface area contributed by atoms with Gasteiger partial charge in [0.05, 0.1) is 4.90 Å². The lowest BCUT2D eigenvalue weighted by atomic mass is 9.94. The van der Waals surface area contributed by atoms with Crippen LogP contribution in [0, 0.1) is 13.8 Å². The lowest BCUT2D eigenvalue weighted by Crippen LogP contribution is -2.53. The van der Waals surface area contributed by atoms with Gasteiger partial charge in [-0.1, -0.05) is 36.4 Å². The van der Waals surface area contributed by atoms with Gasteiger partial charge in [-0.2, -0.15) is 0 Å². The van der Waals surface area contributed by atoms with E-state index in [-0.39, 0.29) is 5.54 Å². The molecule has 0 unspecified atom stereocenters. The van der Waals surface area contributed by atoms with E-state index in [9.17, 15) is 8.42 Å². The van der Waals surface area contributed by atoms with E-state index in [2.05, 4.69) is 47.7 Å². The SMILES string of the molecule is Cc1ccc(C)c(S(=O)(=O)NCC(C)(C)N2CCc3ccccc3C2)c1. The van der Waals surface area contributed by atoms with Gasteiger partial charge >= 0.3 is 0 Å². The monoisotopic (exact) mass is 372 g/mol. The number of nitrogens with one attached hydrogen (secondary N) is 1. The third kappa shape index (κ3) is 4.00. The molecule has 140 valence electrons. The number of hydrogen-bond donors (Lipinski definition) is 1. The Balaban J connectivity index is 1.73. The quantitative estimate of drug-likeness (QED) is 0.875. The molecule has 2 aromatic carbocycles. The molecule has 1 heterocycles. The van der Waals surface area contributed by atoms with Crippen LogP contribution in [-0.2, 0) is 23.0 Å². The molecular formula is C21H28N2O2S. The molecule has 5 heteroatoms. The summed E-state index contributed by atoms with van der Waals surface area (Å²) in [5.41, 5.74) is 4.19. The van der Waals surface area contributed by atoms with E-state index in [0.717, 1.165) is 30.6 Å². The minimum atomic E-state index is -3.52. The maximum absolute atomic E-state index is 12.8. The molecule has 0 saturated carbocycles.